The average Bonchev–Trinajstić information content (AvgIpc) is 2.18. The van der Waals surface area contributed by atoms with Gasteiger partial charge in [-0.15, -0.1) is 0 Å². The molecule has 1 aromatic heterocycles. The molecule has 0 spiro atoms. The summed E-state index contributed by atoms with van der Waals surface area (Å²) in [5.74, 6) is 0. The Morgan fingerprint density at radius 2 is 2.15 bits per heavy atom. The van der Waals surface area contributed by atoms with Crippen molar-refractivity contribution in [1.29, 1.82) is 0 Å². The fraction of sp³-hybridized carbons (Fsp3) is 0.111. The molecule has 0 fully saturated rings. The quantitative estimate of drug-likeness (QED) is 0.689. The molecule has 2 rings (SSSR count). The van der Waals surface area contributed by atoms with Crippen LogP contribution in [0.4, 0.5) is 0 Å². The maximum absolute atomic E-state index is 11.3. The lowest BCUT2D eigenvalue weighted by atomic mass is 10.2. The van der Waals surface area contributed by atoms with E-state index in [2.05, 4.69) is 10.4 Å². The first-order chi connectivity index (χ1) is 6.33. The molecule has 4 heteroatoms. The molecule has 0 aliphatic rings. The Bertz CT molecular complexity index is 489. The van der Waals surface area contributed by atoms with Crippen molar-refractivity contribution in [3.8, 4) is 0 Å². The SMILES string of the molecule is CNn1c(=O)ncc2ccccc21. The van der Waals surface area contributed by atoms with Crippen molar-refractivity contribution in [2.45, 2.75) is 0 Å². The van der Waals surface area contributed by atoms with Crippen LogP contribution in [0.1, 0.15) is 0 Å². The van der Waals surface area contributed by atoms with E-state index in [1.165, 1.54) is 4.68 Å². The third kappa shape index (κ3) is 1.16. The maximum Gasteiger partial charge on any atom is 0.366 e. The molecule has 0 atom stereocenters. The van der Waals surface area contributed by atoms with Gasteiger partial charge < -0.3 is 5.43 Å². The van der Waals surface area contributed by atoms with E-state index in [0.717, 1.165) is 10.9 Å². The van der Waals surface area contributed by atoms with E-state index in [0.29, 0.717) is 0 Å². The van der Waals surface area contributed by atoms with Crippen LogP contribution in [0.5, 0.6) is 0 Å². The van der Waals surface area contributed by atoms with Crippen molar-refractivity contribution in [3.05, 3.63) is 40.9 Å². The Hall–Kier alpha value is -1.84. The highest BCUT2D eigenvalue weighted by Crippen LogP contribution is 2.07. The van der Waals surface area contributed by atoms with Crippen LogP contribution < -0.4 is 11.1 Å². The van der Waals surface area contributed by atoms with Crippen molar-refractivity contribution in [1.82, 2.24) is 9.66 Å². The molecule has 0 aliphatic carbocycles. The number of rotatable bonds is 1. The van der Waals surface area contributed by atoms with E-state index in [1.807, 2.05) is 24.3 Å². The molecule has 0 saturated heterocycles. The number of para-hydroxylation sites is 1. The molecule has 0 unspecified atom stereocenters. The Morgan fingerprint density at radius 3 is 2.92 bits per heavy atom. The van der Waals surface area contributed by atoms with E-state index < -0.39 is 0 Å². The maximum atomic E-state index is 11.3. The van der Waals surface area contributed by atoms with E-state index in [9.17, 15) is 4.79 Å². The standard InChI is InChI=1S/C9H9N3O/c1-10-12-8-5-3-2-4-7(8)6-11-9(12)13/h2-6,10H,1H3. The van der Waals surface area contributed by atoms with Crippen LogP contribution in [-0.4, -0.2) is 16.7 Å². The predicted molar refractivity (Wildman–Crippen MR) is 51.3 cm³/mol. The first-order valence-electron chi connectivity index (χ1n) is 3.97. The van der Waals surface area contributed by atoms with Crippen LogP contribution in [0.15, 0.2) is 35.3 Å². The van der Waals surface area contributed by atoms with Crippen molar-refractivity contribution in [2.75, 3.05) is 12.5 Å². The van der Waals surface area contributed by atoms with Gasteiger partial charge in [0.1, 0.15) is 0 Å². The summed E-state index contributed by atoms with van der Waals surface area (Å²) in [6.45, 7) is 0. The number of hydrogen-bond donors (Lipinski definition) is 1. The van der Waals surface area contributed by atoms with Crippen molar-refractivity contribution < 1.29 is 0 Å². The summed E-state index contributed by atoms with van der Waals surface area (Å²) >= 11 is 0. The van der Waals surface area contributed by atoms with Gasteiger partial charge in [-0.05, 0) is 6.07 Å². The summed E-state index contributed by atoms with van der Waals surface area (Å²) < 4.78 is 1.41. The highest BCUT2D eigenvalue weighted by molar-refractivity contribution is 5.77. The van der Waals surface area contributed by atoms with Crippen LogP contribution in [0, 0.1) is 0 Å². The molecule has 1 N–H and O–H groups in total. The number of fused-ring (bicyclic) bond motifs is 1. The second-order valence-electron chi connectivity index (χ2n) is 2.66. The van der Waals surface area contributed by atoms with Gasteiger partial charge in [0.25, 0.3) is 0 Å². The minimum atomic E-state index is -0.291. The molecule has 66 valence electrons. The molecule has 1 heterocycles. The Balaban J connectivity index is 2.92. The monoisotopic (exact) mass is 175 g/mol. The molecular formula is C9H9N3O. The normalized spacial score (nSPS) is 10.2. The molecule has 0 radical (unpaired) electrons. The van der Waals surface area contributed by atoms with Gasteiger partial charge >= 0.3 is 5.69 Å². The average molecular weight is 175 g/mol. The predicted octanol–water partition coefficient (Wildman–Crippen LogP) is 0.570. The highest BCUT2D eigenvalue weighted by atomic mass is 16.1. The van der Waals surface area contributed by atoms with Gasteiger partial charge in [-0.2, -0.15) is 4.98 Å². The zero-order valence-electron chi connectivity index (χ0n) is 7.19. The molecule has 1 aromatic carbocycles. The summed E-state index contributed by atoms with van der Waals surface area (Å²) in [5.41, 5.74) is 3.33. The molecule has 0 aliphatic heterocycles. The lowest BCUT2D eigenvalue weighted by molar-refractivity contribution is 0.864. The van der Waals surface area contributed by atoms with Gasteiger partial charge in [0.2, 0.25) is 0 Å². The first kappa shape index (κ1) is 7.79. The van der Waals surface area contributed by atoms with E-state index in [1.54, 1.807) is 13.2 Å². The third-order valence-electron chi connectivity index (χ3n) is 1.91. The summed E-state index contributed by atoms with van der Waals surface area (Å²) in [4.78, 5) is 15.0. The van der Waals surface area contributed by atoms with Crippen LogP contribution in [0.2, 0.25) is 0 Å². The fourth-order valence-corrected chi connectivity index (χ4v) is 1.30. The largest absolute Gasteiger partial charge is 0.366 e. The summed E-state index contributed by atoms with van der Waals surface area (Å²) in [6, 6.07) is 7.58. The van der Waals surface area contributed by atoms with Gasteiger partial charge in [0.15, 0.2) is 0 Å². The minimum Gasteiger partial charge on any atom is -0.324 e. The smallest absolute Gasteiger partial charge is 0.324 e. The second kappa shape index (κ2) is 2.90. The van der Waals surface area contributed by atoms with Gasteiger partial charge in [-0.25, -0.2) is 9.47 Å². The van der Waals surface area contributed by atoms with Crippen molar-refractivity contribution in [2.24, 2.45) is 0 Å². The Kier molecular flexibility index (Phi) is 1.73. The Labute approximate surface area is 74.8 Å². The molecule has 2 aromatic rings. The zero-order chi connectivity index (χ0) is 9.26. The Morgan fingerprint density at radius 1 is 1.38 bits per heavy atom. The lowest BCUT2D eigenvalue weighted by Crippen LogP contribution is -2.28. The molecular weight excluding hydrogens is 166 g/mol. The van der Waals surface area contributed by atoms with Crippen LogP contribution in [-0.2, 0) is 0 Å². The minimum absolute atomic E-state index is 0.291. The van der Waals surface area contributed by atoms with Gasteiger partial charge in [-0.3, -0.25) is 0 Å². The molecule has 0 amide bonds. The summed E-state index contributed by atoms with van der Waals surface area (Å²) in [6.07, 6.45) is 1.57. The van der Waals surface area contributed by atoms with Crippen molar-refractivity contribution >= 4 is 10.9 Å². The molecule has 13 heavy (non-hydrogen) atoms. The lowest BCUT2D eigenvalue weighted by Gasteiger charge is -2.06. The number of nitrogens with zero attached hydrogens (tertiary/aromatic N) is 2. The van der Waals surface area contributed by atoms with Gasteiger partial charge in [0, 0.05) is 18.6 Å². The third-order valence-corrected chi connectivity index (χ3v) is 1.91. The summed E-state index contributed by atoms with van der Waals surface area (Å²) in [5, 5.41) is 0.941. The van der Waals surface area contributed by atoms with E-state index in [4.69, 9.17) is 0 Å². The zero-order valence-corrected chi connectivity index (χ0v) is 7.19. The van der Waals surface area contributed by atoms with E-state index >= 15 is 0 Å². The van der Waals surface area contributed by atoms with Crippen molar-refractivity contribution in [3.63, 3.8) is 0 Å². The number of benzene rings is 1. The van der Waals surface area contributed by atoms with Crippen LogP contribution >= 0.6 is 0 Å². The van der Waals surface area contributed by atoms with Gasteiger partial charge in [0.05, 0.1) is 5.52 Å². The second-order valence-corrected chi connectivity index (χ2v) is 2.66. The van der Waals surface area contributed by atoms with Crippen LogP contribution in [0.25, 0.3) is 10.9 Å². The topological polar surface area (TPSA) is 46.9 Å². The van der Waals surface area contributed by atoms with Gasteiger partial charge in [-0.1, -0.05) is 18.2 Å². The molecule has 0 saturated carbocycles. The van der Waals surface area contributed by atoms with Crippen LogP contribution in [0.3, 0.4) is 0 Å². The highest BCUT2D eigenvalue weighted by Gasteiger charge is 1.99. The molecule has 0 bridgehead atoms. The van der Waals surface area contributed by atoms with E-state index in [-0.39, 0.29) is 5.69 Å². The number of hydrogen-bond acceptors (Lipinski definition) is 3. The number of aromatic nitrogens is 2. The number of nitrogens with one attached hydrogen (secondary N) is 1. The first-order valence-corrected chi connectivity index (χ1v) is 3.97. The molecule has 4 nitrogen and oxygen atoms in total. The fourth-order valence-electron chi connectivity index (χ4n) is 1.30. The summed E-state index contributed by atoms with van der Waals surface area (Å²) in [7, 11) is 1.69.